The summed E-state index contributed by atoms with van der Waals surface area (Å²) < 4.78 is 18.6. The molecule has 32 heavy (non-hydrogen) atoms. The van der Waals surface area contributed by atoms with Crippen LogP contribution in [0.5, 0.6) is 5.75 Å². The fraction of sp³-hybridized carbons (Fsp3) is 0.200. The SMILES string of the molecule is O=C(NCCCSc1ccc(F)cc1)c1cccc(NC(=O)C2Cc3ccccc3O2)c1. The average molecular weight is 451 g/mol. The predicted molar refractivity (Wildman–Crippen MR) is 124 cm³/mol. The summed E-state index contributed by atoms with van der Waals surface area (Å²) in [5.41, 5.74) is 2.04. The van der Waals surface area contributed by atoms with Gasteiger partial charge in [-0.3, -0.25) is 9.59 Å². The van der Waals surface area contributed by atoms with E-state index in [-0.39, 0.29) is 17.6 Å². The Morgan fingerprint density at radius 3 is 2.66 bits per heavy atom. The van der Waals surface area contributed by atoms with Crippen molar-refractivity contribution < 1.29 is 18.7 Å². The molecule has 0 saturated carbocycles. The van der Waals surface area contributed by atoms with Gasteiger partial charge < -0.3 is 15.4 Å². The molecular formula is C25H23FN2O3S. The summed E-state index contributed by atoms with van der Waals surface area (Å²) in [5.74, 6) is 0.861. The van der Waals surface area contributed by atoms with Crippen molar-refractivity contribution in [2.75, 3.05) is 17.6 Å². The lowest BCUT2D eigenvalue weighted by Gasteiger charge is -2.12. The second kappa shape index (κ2) is 10.3. The standard InChI is InChI=1S/C25H23FN2O3S/c26-19-9-11-21(12-10-19)32-14-4-13-27-24(29)18-6-3-7-20(15-18)28-25(30)23-16-17-5-1-2-8-22(17)31-23/h1-3,5-12,15,23H,4,13-14,16H2,(H,27,29)(H,28,30). The smallest absolute Gasteiger partial charge is 0.265 e. The van der Waals surface area contributed by atoms with E-state index in [1.807, 2.05) is 24.3 Å². The van der Waals surface area contributed by atoms with Crippen molar-refractivity contribution in [3.05, 3.63) is 89.7 Å². The van der Waals surface area contributed by atoms with Crippen molar-refractivity contribution in [2.24, 2.45) is 0 Å². The molecule has 1 atom stereocenters. The van der Waals surface area contributed by atoms with Crippen molar-refractivity contribution in [1.82, 2.24) is 5.32 Å². The summed E-state index contributed by atoms with van der Waals surface area (Å²) in [6.45, 7) is 0.526. The summed E-state index contributed by atoms with van der Waals surface area (Å²) in [5, 5.41) is 5.73. The molecule has 1 unspecified atom stereocenters. The van der Waals surface area contributed by atoms with Gasteiger partial charge in [-0.1, -0.05) is 24.3 Å². The first-order valence-corrected chi connectivity index (χ1v) is 11.4. The van der Waals surface area contributed by atoms with Crippen LogP contribution in [-0.2, 0) is 11.2 Å². The Hall–Kier alpha value is -3.32. The Balaban J connectivity index is 1.23. The molecule has 0 aromatic heterocycles. The van der Waals surface area contributed by atoms with Gasteiger partial charge in [-0.05, 0) is 66.3 Å². The maximum absolute atomic E-state index is 12.9. The van der Waals surface area contributed by atoms with Gasteiger partial charge in [-0.2, -0.15) is 0 Å². The van der Waals surface area contributed by atoms with Gasteiger partial charge in [0.1, 0.15) is 11.6 Å². The Labute approximate surface area is 190 Å². The normalized spacial score (nSPS) is 14.3. The largest absolute Gasteiger partial charge is 0.480 e. The summed E-state index contributed by atoms with van der Waals surface area (Å²) in [6, 6.07) is 20.8. The highest BCUT2D eigenvalue weighted by molar-refractivity contribution is 7.99. The molecule has 3 aromatic rings. The van der Waals surface area contributed by atoms with Gasteiger partial charge in [0.2, 0.25) is 0 Å². The Bertz CT molecular complexity index is 1080. The van der Waals surface area contributed by atoms with Crippen LogP contribution in [0.2, 0.25) is 0 Å². The van der Waals surface area contributed by atoms with Gasteiger partial charge in [0.25, 0.3) is 11.8 Å². The number of carbonyl (C=O) groups excluding carboxylic acids is 2. The summed E-state index contributed by atoms with van der Waals surface area (Å²) in [6.07, 6.45) is 0.727. The molecule has 1 aliphatic rings. The molecule has 0 spiro atoms. The number of thioether (sulfide) groups is 1. The van der Waals surface area contributed by atoms with E-state index in [4.69, 9.17) is 4.74 Å². The van der Waals surface area contributed by atoms with E-state index in [1.54, 1.807) is 48.2 Å². The van der Waals surface area contributed by atoms with E-state index in [9.17, 15) is 14.0 Å². The molecule has 0 bridgehead atoms. The van der Waals surface area contributed by atoms with E-state index < -0.39 is 6.10 Å². The number of amides is 2. The molecule has 2 N–H and O–H groups in total. The van der Waals surface area contributed by atoms with Crippen LogP contribution in [0.3, 0.4) is 0 Å². The van der Waals surface area contributed by atoms with Crippen LogP contribution in [0, 0.1) is 5.82 Å². The first-order chi connectivity index (χ1) is 15.6. The second-order valence-electron chi connectivity index (χ2n) is 7.40. The first-order valence-electron chi connectivity index (χ1n) is 10.4. The highest BCUT2D eigenvalue weighted by Gasteiger charge is 2.28. The lowest BCUT2D eigenvalue weighted by Crippen LogP contribution is -2.31. The lowest BCUT2D eigenvalue weighted by atomic mass is 10.1. The van der Waals surface area contributed by atoms with Gasteiger partial charge in [0, 0.05) is 29.1 Å². The molecular weight excluding hydrogens is 427 g/mol. The molecule has 0 radical (unpaired) electrons. The molecule has 1 aliphatic heterocycles. The van der Waals surface area contributed by atoms with E-state index >= 15 is 0 Å². The number of benzene rings is 3. The van der Waals surface area contributed by atoms with Gasteiger partial charge in [0.05, 0.1) is 0 Å². The van der Waals surface area contributed by atoms with Crippen LogP contribution in [0.1, 0.15) is 22.3 Å². The minimum Gasteiger partial charge on any atom is -0.480 e. The lowest BCUT2D eigenvalue weighted by molar-refractivity contribution is -0.122. The highest BCUT2D eigenvalue weighted by atomic mass is 32.2. The third-order valence-electron chi connectivity index (χ3n) is 5.02. The van der Waals surface area contributed by atoms with Crippen molar-refractivity contribution in [3.63, 3.8) is 0 Å². The van der Waals surface area contributed by atoms with Gasteiger partial charge >= 0.3 is 0 Å². The van der Waals surface area contributed by atoms with Crippen molar-refractivity contribution in [2.45, 2.75) is 23.8 Å². The minimum absolute atomic E-state index is 0.197. The molecule has 5 nitrogen and oxygen atoms in total. The predicted octanol–water partition coefficient (Wildman–Crippen LogP) is 4.68. The number of rotatable bonds is 8. The third kappa shape index (κ3) is 5.68. The zero-order chi connectivity index (χ0) is 22.3. The number of para-hydroxylation sites is 1. The number of ether oxygens (including phenoxy) is 1. The van der Waals surface area contributed by atoms with Gasteiger partial charge in [0.15, 0.2) is 6.10 Å². The Kier molecular flexibility index (Phi) is 7.07. The highest BCUT2D eigenvalue weighted by Crippen LogP contribution is 2.28. The molecule has 2 amide bonds. The number of anilines is 1. The summed E-state index contributed by atoms with van der Waals surface area (Å²) in [4.78, 5) is 26.0. The zero-order valence-electron chi connectivity index (χ0n) is 17.3. The summed E-state index contributed by atoms with van der Waals surface area (Å²) >= 11 is 1.62. The summed E-state index contributed by atoms with van der Waals surface area (Å²) in [7, 11) is 0. The first kappa shape index (κ1) is 21.9. The molecule has 4 rings (SSSR count). The van der Waals surface area contributed by atoms with E-state index in [1.165, 1.54) is 12.1 Å². The van der Waals surface area contributed by atoms with E-state index in [0.29, 0.717) is 24.2 Å². The fourth-order valence-electron chi connectivity index (χ4n) is 3.39. The molecule has 0 aliphatic carbocycles. The van der Waals surface area contributed by atoms with Crippen molar-refractivity contribution in [1.29, 1.82) is 0 Å². The van der Waals surface area contributed by atoms with Crippen molar-refractivity contribution >= 4 is 29.3 Å². The molecule has 164 valence electrons. The minimum atomic E-state index is -0.580. The van der Waals surface area contributed by atoms with Crippen LogP contribution in [0.25, 0.3) is 0 Å². The number of fused-ring (bicyclic) bond motifs is 1. The number of nitrogens with one attached hydrogen (secondary N) is 2. The molecule has 1 heterocycles. The average Bonchev–Trinajstić information content (AvgIpc) is 3.25. The van der Waals surface area contributed by atoms with Crippen LogP contribution in [0.15, 0.2) is 77.7 Å². The van der Waals surface area contributed by atoms with Gasteiger partial charge in [-0.15, -0.1) is 11.8 Å². The second-order valence-corrected chi connectivity index (χ2v) is 8.57. The number of halogens is 1. The fourth-order valence-corrected chi connectivity index (χ4v) is 4.24. The third-order valence-corrected chi connectivity index (χ3v) is 6.12. The van der Waals surface area contributed by atoms with E-state index in [2.05, 4.69) is 10.6 Å². The molecule has 7 heteroatoms. The zero-order valence-corrected chi connectivity index (χ0v) is 18.2. The van der Waals surface area contributed by atoms with Crippen LogP contribution in [-0.4, -0.2) is 30.2 Å². The topological polar surface area (TPSA) is 67.4 Å². The van der Waals surface area contributed by atoms with Gasteiger partial charge in [-0.25, -0.2) is 4.39 Å². The van der Waals surface area contributed by atoms with E-state index in [0.717, 1.165) is 28.4 Å². The van der Waals surface area contributed by atoms with Crippen molar-refractivity contribution in [3.8, 4) is 5.75 Å². The Morgan fingerprint density at radius 2 is 1.84 bits per heavy atom. The quantitative estimate of drug-likeness (QED) is 0.386. The maximum atomic E-state index is 12.9. The van der Waals surface area contributed by atoms with Crippen LogP contribution < -0.4 is 15.4 Å². The number of carbonyl (C=O) groups is 2. The van der Waals surface area contributed by atoms with Crippen LogP contribution >= 0.6 is 11.8 Å². The number of hydrogen-bond donors (Lipinski definition) is 2. The monoisotopic (exact) mass is 450 g/mol. The molecule has 0 fully saturated rings. The van der Waals surface area contributed by atoms with Crippen LogP contribution in [0.4, 0.5) is 10.1 Å². The number of hydrogen-bond acceptors (Lipinski definition) is 4. The Morgan fingerprint density at radius 1 is 1.03 bits per heavy atom. The molecule has 0 saturated heterocycles. The molecule has 3 aromatic carbocycles. The maximum Gasteiger partial charge on any atom is 0.265 e.